The molecule has 0 aliphatic rings. The molecule has 0 amide bonds. The average molecular weight is 209 g/mol. The van der Waals surface area contributed by atoms with Crippen molar-refractivity contribution in [2.75, 3.05) is 0 Å². The third-order valence-corrected chi connectivity index (χ3v) is 1.96. The fourth-order valence-corrected chi connectivity index (χ4v) is 1.42. The quantitative estimate of drug-likeness (QED) is 0.673. The highest BCUT2D eigenvalue weighted by Gasteiger charge is 2.02. The molecule has 0 radical (unpaired) electrons. The van der Waals surface area contributed by atoms with E-state index in [9.17, 15) is 0 Å². The summed E-state index contributed by atoms with van der Waals surface area (Å²) < 4.78 is 1.82. The van der Waals surface area contributed by atoms with Crippen LogP contribution in [0.4, 0.5) is 0 Å². The molecule has 2 rings (SSSR count). The molecule has 2 heterocycles. The van der Waals surface area contributed by atoms with Crippen LogP contribution in [-0.2, 0) is 0 Å². The average Bonchev–Trinajstić information content (AvgIpc) is 2.50. The fraction of sp³-hybridized carbons (Fsp3) is 0.222. The highest BCUT2D eigenvalue weighted by Crippen LogP contribution is 2.11. The Balaban J connectivity index is 2.51. The first-order valence-corrected chi connectivity index (χ1v) is 4.55. The molecule has 4 nitrogen and oxygen atoms in total. The van der Waals surface area contributed by atoms with Gasteiger partial charge < -0.3 is 0 Å². The Labute approximate surface area is 86.6 Å². The molecule has 0 N–H and O–H groups in total. The van der Waals surface area contributed by atoms with Crippen LogP contribution in [0.15, 0.2) is 18.6 Å². The number of hydrogen-bond donors (Lipinski definition) is 0. The van der Waals surface area contributed by atoms with Gasteiger partial charge in [0.05, 0.1) is 5.69 Å². The Morgan fingerprint density at radius 2 is 2.07 bits per heavy atom. The number of hydrogen-bond acceptors (Lipinski definition) is 3. The highest BCUT2D eigenvalue weighted by atomic mass is 35.5. The summed E-state index contributed by atoms with van der Waals surface area (Å²) in [6, 6.07) is 1.70. The Morgan fingerprint density at radius 3 is 2.64 bits per heavy atom. The second kappa shape index (κ2) is 3.38. The summed E-state index contributed by atoms with van der Waals surface area (Å²) in [5.41, 5.74) is 0.942. The first-order valence-electron chi connectivity index (χ1n) is 4.17. The number of rotatable bonds is 1. The summed E-state index contributed by atoms with van der Waals surface area (Å²) in [4.78, 5) is 12.3. The largest absolute Gasteiger partial charge is 0.290 e. The minimum Gasteiger partial charge on any atom is -0.290 e. The smallest absolute Gasteiger partial charge is 0.143 e. The third kappa shape index (κ3) is 1.75. The van der Waals surface area contributed by atoms with Gasteiger partial charge in [-0.3, -0.25) is 4.57 Å². The van der Waals surface area contributed by atoms with Gasteiger partial charge in [-0.2, -0.15) is 0 Å². The van der Waals surface area contributed by atoms with Gasteiger partial charge in [0, 0.05) is 12.3 Å². The van der Waals surface area contributed by atoms with Crippen molar-refractivity contribution >= 4 is 11.6 Å². The first-order chi connectivity index (χ1) is 6.65. The van der Waals surface area contributed by atoms with E-state index in [-0.39, 0.29) is 0 Å². The standard InChI is InChI=1S/C9H9ClN4/c1-6-4-14(5-11-6)9-3-8(10)12-7(2)13-9/h3-5H,1-2H3. The van der Waals surface area contributed by atoms with Crippen LogP contribution in [0, 0.1) is 13.8 Å². The van der Waals surface area contributed by atoms with E-state index in [1.165, 1.54) is 0 Å². The van der Waals surface area contributed by atoms with E-state index in [1.54, 1.807) is 19.3 Å². The maximum absolute atomic E-state index is 5.82. The van der Waals surface area contributed by atoms with Crippen molar-refractivity contribution in [3.8, 4) is 5.82 Å². The lowest BCUT2D eigenvalue weighted by atomic mass is 10.5. The Bertz CT molecular complexity index is 443. The molecule has 0 aromatic carbocycles. The van der Waals surface area contributed by atoms with Crippen LogP contribution in [0.2, 0.25) is 5.15 Å². The molecule has 2 aromatic rings. The summed E-state index contributed by atoms with van der Waals surface area (Å²) >= 11 is 5.82. The predicted molar refractivity (Wildman–Crippen MR) is 53.6 cm³/mol. The van der Waals surface area contributed by atoms with Crippen molar-refractivity contribution < 1.29 is 0 Å². The molecule has 0 aliphatic carbocycles. The van der Waals surface area contributed by atoms with E-state index < -0.39 is 0 Å². The number of imidazole rings is 1. The molecule has 0 unspecified atom stereocenters. The van der Waals surface area contributed by atoms with Crippen LogP contribution in [-0.4, -0.2) is 19.5 Å². The minimum atomic E-state index is 0.443. The minimum absolute atomic E-state index is 0.443. The molecule has 0 fully saturated rings. The van der Waals surface area contributed by atoms with Crippen molar-refractivity contribution in [3.63, 3.8) is 0 Å². The van der Waals surface area contributed by atoms with Crippen LogP contribution in [0.5, 0.6) is 0 Å². The van der Waals surface area contributed by atoms with Gasteiger partial charge in [-0.25, -0.2) is 15.0 Å². The van der Waals surface area contributed by atoms with Crippen LogP contribution < -0.4 is 0 Å². The molecular weight excluding hydrogens is 200 g/mol. The second-order valence-corrected chi connectivity index (χ2v) is 3.41. The molecule has 0 spiro atoms. The molecule has 0 bridgehead atoms. The van der Waals surface area contributed by atoms with Gasteiger partial charge in [0.15, 0.2) is 0 Å². The summed E-state index contributed by atoms with van der Waals surface area (Å²) in [7, 11) is 0. The van der Waals surface area contributed by atoms with Crippen molar-refractivity contribution in [1.82, 2.24) is 19.5 Å². The van der Waals surface area contributed by atoms with Gasteiger partial charge in [0.25, 0.3) is 0 Å². The molecule has 0 saturated heterocycles. The summed E-state index contributed by atoms with van der Waals surface area (Å²) in [5.74, 6) is 1.39. The lowest BCUT2D eigenvalue weighted by molar-refractivity contribution is 0.937. The lowest BCUT2D eigenvalue weighted by Gasteiger charge is -2.01. The SMILES string of the molecule is Cc1cn(-c2cc(Cl)nc(C)n2)cn1. The number of aryl methyl sites for hydroxylation is 2. The Hall–Kier alpha value is -1.42. The predicted octanol–water partition coefficient (Wildman–Crippen LogP) is 1.93. The van der Waals surface area contributed by atoms with E-state index in [1.807, 2.05) is 17.7 Å². The Morgan fingerprint density at radius 1 is 1.29 bits per heavy atom. The van der Waals surface area contributed by atoms with Gasteiger partial charge in [-0.15, -0.1) is 0 Å². The molecule has 14 heavy (non-hydrogen) atoms. The zero-order valence-corrected chi connectivity index (χ0v) is 8.65. The molecule has 0 saturated carbocycles. The maximum Gasteiger partial charge on any atom is 0.143 e. The maximum atomic E-state index is 5.82. The molecule has 0 aliphatic heterocycles. The molecule has 0 atom stereocenters. The lowest BCUT2D eigenvalue weighted by Crippen LogP contribution is -1.98. The van der Waals surface area contributed by atoms with Gasteiger partial charge >= 0.3 is 0 Å². The summed E-state index contributed by atoms with van der Waals surface area (Å²) in [6.45, 7) is 3.73. The second-order valence-electron chi connectivity index (χ2n) is 3.02. The topological polar surface area (TPSA) is 43.6 Å². The number of nitrogens with zero attached hydrogens (tertiary/aromatic N) is 4. The summed E-state index contributed by atoms with van der Waals surface area (Å²) in [5, 5.41) is 0.443. The van der Waals surface area contributed by atoms with Crippen molar-refractivity contribution in [1.29, 1.82) is 0 Å². The van der Waals surface area contributed by atoms with Gasteiger partial charge in [0.2, 0.25) is 0 Å². The van der Waals surface area contributed by atoms with Crippen molar-refractivity contribution in [2.24, 2.45) is 0 Å². The van der Waals surface area contributed by atoms with E-state index in [0.29, 0.717) is 11.0 Å². The first kappa shape index (κ1) is 9.15. The zero-order chi connectivity index (χ0) is 10.1. The van der Waals surface area contributed by atoms with Crippen LogP contribution in [0.3, 0.4) is 0 Å². The molecule has 2 aromatic heterocycles. The monoisotopic (exact) mass is 208 g/mol. The van der Waals surface area contributed by atoms with Crippen LogP contribution in [0.25, 0.3) is 5.82 Å². The number of halogens is 1. The fourth-order valence-electron chi connectivity index (χ4n) is 1.20. The normalized spacial score (nSPS) is 10.5. The third-order valence-electron chi connectivity index (χ3n) is 1.77. The van der Waals surface area contributed by atoms with Crippen molar-refractivity contribution in [2.45, 2.75) is 13.8 Å². The number of aromatic nitrogens is 4. The summed E-state index contributed by atoms with van der Waals surface area (Å²) in [6.07, 6.45) is 3.59. The van der Waals surface area contributed by atoms with Crippen LogP contribution >= 0.6 is 11.6 Å². The Kier molecular flexibility index (Phi) is 2.21. The van der Waals surface area contributed by atoms with E-state index in [2.05, 4.69) is 15.0 Å². The molecule has 5 heteroatoms. The zero-order valence-electron chi connectivity index (χ0n) is 7.90. The van der Waals surface area contributed by atoms with E-state index in [0.717, 1.165) is 11.5 Å². The van der Waals surface area contributed by atoms with Crippen LogP contribution in [0.1, 0.15) is 11.5 Å². The highest BCUT2D eigenvalue weighted by molar-refractivity contribution is 6.29. The van der Waals surface area contributed by atoms with Gasteiger partial charge in [-0.1, -0.05) is 11.6 Å². The van der Waals surface area contributed by atoms with E-state index >= 15 is 0 Å². The van der Waals surface area contributed by atoms with Crippen molar-refractivity contribution in [3.05, 3.63) is 35.3 Å². The molecule has 72 valence electrons. The van der Waals surface area contributed by atoms with Gasteiger partial charge in [0.1, 0.15) is 23.1 Å². The van der Waals surface area contributed by atoms with E-state index in [4.69, 9.17) is 11.6 Å². The van der Waals surface area contributed by atoms with Gasteiger partial charge in [-0.05, 0) is 13.8 Å². The molecular formula is C9H9ClN4.